The summed E-state index contributed by atoms with van der Waals surface area (Å²) in [5, 5.41) is 3.23. The highest BCUT2D eigenvalue weighted by atomic mass is 35.5. The Morgan fingerprint density at radius 1 is 1.13 bits per heavy atom. The molecule has 6 nitrogen and oxygen atoms in total. The van der Waals surface area contributed by atoms with Gasteiger partial charge in [0.25, 0.3) is 11.8 Å². The van der Waals surface area contributed by atoms with Crippen LogP contribution in [-0.2, 0) is 4.79 Å². The maximum atomic E-state index is 11.8. The standard InChI is InChI=1S/C16H17ClN4O2/c1-10-3-4-13(11(2)7-10)19-9-15(22)20-21-16(23)12-5-6-18-14(17)8-12/h3-8,19H,9H2,1-2H3,(H,20,22)(H,21,23). The van der Waals surface area contributed by atoms with Crippen LogP contribution in [0.25, 0.3) is 0 Å². The third-order valence-corrected chi connectivity index (χ3v) is 3.33. The summed E-state index contributed by atoms with van der Waals surface area (Å²) >= 11 is 5.71. The zero-order valence-electron chi connectivity index (χ0n) is 12.8. The number of hydrogen-bond acceptors (Lipinski definition) is 4. The predicted octanol–water partition coefficient (Wildman–Crippen LogP) is 2.22. The minimum absolute atomic E-state index is 0.0429. The molecule has 3 N–H and O–H groups in total. The van der Waals surface area contributed by atoms with E-state index < -0.39 is 5.91 Å². The molecule has 2 amide bonds. The van der Waals surface area contributed by atoms with Crippen LogP contribution in [0.1, 0.15) is 21.5 Å². The van der Waals surface area contributed by atoms with Crippen molar-refractivity contribution >= 4 is 29.1 Å². The lowest BCUT2D eigenvalue weighted by Crippen LogP contribution is -2.44. The second kappa shape index (κ2) is 7.60. The molecule has 2 rings (SSSR count). The van der Waals surface area contributed by atoms with E-state index in [0.717, 1.165) is 16.8 Å². The monoisotopic (exact) mass is 332 g/mol. The SMILES string of the molecule is Cc1ccc(NCC(=O)NNC(=O)c2ccnc(Cl)c2)c(C)c1. The summed E-state index contributed by atoms with van der Waals surface area (Å²) in [5.41, 5.74) is 8.05. The molecule has 0 atom stereocenters. The van der Waals surface area contributed by atoms with Gasteiger partial charge in [0.15, 0.2) is 0 Å². The number of pyridine rings is 1. The van der Waals surface area contributed by atoms with Crippen molar-refractivity contribution in [2.24, 2.45) is 0 Å². The number of aryl methyl sites for hydroxylation is 2. The van der Waals surface area contributed by atoms with Gasteiger partial charge in [-0.2, -0.15) is 0 Å². The number of aromatic nitrogens is 1. The maximum Gasteiger partial charge on any atom is 0.269 e. The van der Waals surface area contributed by atoms with Crippen LogP contribution in [0.15, 0.2) is 36.5 Å². The molecule has 0 unspecified atom stereocenters. The number of hydrazine groups is 1. The molecule has 0 aliphatic heterocycles. The second-order valence-electron chi connectivity index (χ2n) is 5.04. The molecule has 120 valence electrons. The summed E-state index contributed by atoms with van der Waals surface area (Å²) < 4.78 is 0. The van der Waals surface area contributed by atoms with Crippen molar-refractivity contribution in [2.75, 3.05) is 11.9 Å². The Balaban J connectivity index is 1.82. The molecule has 1 heterocycles. The Morgan fingerprint density at radius 3 is 2.61 bits per heavy atom. The minimum atomic E-state index is -0.464. The van der Waals surface area contributed by atoms with Crippen molar-refractivity contribution in [1.29, 1.82) is 0 Å². The molecule has 1 aromatic carbocycles. The van der Waals surface area contributed by atoms with E-state index in [1.54, 1.807) is 0 Å². The summed E-state index contributed by atoms with van der Waals surface area (Å²) in [6.45, 7) is 4.01. The molecule has 1 aromatic heterocycles. The number of hydrogen-bond donors (Lipinski definition) is 3. The topological polar surface area (TPSA) is 83.1 Å². The lowest BCUT2D eigenvalue weighted by Gasteiger charge is -2.11. The van der Waals surface area contributed by atoms with E-state index in [2.05, 4.69) is 21.2 Å². The van der Waals surface area contributed by atoms with Gasteiger partial charge in [-0.3, -0.25) is 20.4 Å². The number of rotatable bonds is 4. The van der Waals surface area contributed by atoms with E-state index >= 15 is 0 Å². The van der Waals surface area contributed by atoms with Crippen LogP contribution in [-0.4, -0.2) is 23.3 Å². The molecule has 0 bridgehead atoms. The van der Waals surface area contributed by atoms with Crippen molar-refractivity contribution in [3.63, 3.8) is 0 Å². The van der Waals surface area contributed by atoms with Gasteiger partial charge in [-0.25, -0.2) is 4.98 Å². The predicted molar refractivity (Wildman–Crippen MR) is 89.3 cm³/mol. The Bertz CT molecular complexity index is 734. The van der Waals surface area contributed by atoms with Crippen LogP contribution in [0.4, 0.5) is 5.69 Å². The van der Waals surface area contributed by atoms with E-state index in [0.29, 0.717) is 5.56 Å². The first-order valence-electron chi connectivity index (χ1n) is 6.97. The number of anilines is 1. The zero-order valence-corrected chi connectivity index (χ0v) is 13.6. The second-order valence-corrected chi connectivity index (χ2v) is 5.43. The molecule has 0 aliphatic rings. The fourth-order valence-corrected chi connectivity index (χ4v) is 2.15. The first-order valence-corrected chi connectivity index (χ1v) is 7.35. The van der Waals surface area contributed by atoms with E-state index in [4.69, 9.17) is 11.6 Å². The number of benzene rings is 1. The highest BCUT2D eigenvalue weighted by Gasteiger charge is 2.08. The number of amides is 2. The number of nitrogens with one attached hydrogen (secondary N) is 3. The molecular formula is C16H17ClN4O2. The van der Waals surface area contributed by atoms with Crippen molar-refractivity contribution in [1.82, 2.24) is 15.8 Å². The molecule has 0 radical (unpaired) electrons. The highest BCUT2D eigenvalue weighted by molar-refractivity contribution is 6.29. The summed E-state index contributed by atoms with van der Waals surface area (Å²) in [7, 11) is 0. The zero-order chi connectivity index (χ0) is 16.8. The first-order chi connectivity index (χ1) is 11.0. The van der Waals surface area contributed by atoms with Gasteiger partial charge in [0.2, 0.25) is 0 Å². The molecule has 23 heavy (non-hydrogen) atoms. The molecule has 0 spiro atoms. The summed E-state index contributed by atoms with van der Waals surface area (Å²) in [4.78, 5) is 27.4. The summed E-state index contributed by atoms with van der Waals surface area (Å²) in [6.07, 6.45) is 1.42. The molecule has 0 aliphatic carbocycles. The number of halogens is 1. The van der Waals surface area contributed by atoms with E-state index in [1.807, 2.05) is 32.0 Å². The van der Waals surface area contributed by atoms with Crippen molar-refractivity contribution < 1.29 is 9.59 Å². The normalized spacial score (nSPS) is 10.0. The van der Waals surface area contributed by atoms with E-state index in [1.165, 1.54) is 18.3 Å². The largest absolute Gasteiger partial charge is 0.376 e. The van der Waals surface area contributed by atoms with E-state index in [-0.39, 0.29) is 17.6 Å². The quantitative estimate of drug-likeness (QED) is 0.592. The van der Waals surface area contributed by atoms with Gasteiger partial charge in [0.1, 0.15) is 5.15 Å². The summed E-state index contributed by atoms with van der Waals surface area (Å²) in [5.74, 6) is -0.826. The van der Waals surface area contributed by atoms with Crippen LogP contribution in [0.2, 0.25) is 5.15 Å². The van der Waals surface area contributed by atoms with Gasteiger partial charge in [-0.15, -0.1) is 0 Å². The van der Waals surface area contributed by atoms with Crippen LogP contribution < -0.4 is 16.2 Å². The van der Waals surface area contributed by atoms with Gasteiger partial charge in [-0.1, -0.05) is 29.3 Å². The fourth-order valence-electron chi connectivity index (χ4n) is 1.97. The maximum absolute atomic E-state index is 11.8. The van der Waals surface area contributed by atoms with Gasteiger partial charge in [0, 0.05) is 17.4 Å². The molecule has 2 aromatic rings. The third-order valence-electron chi connectivity index (χ3n) is 3.13. The van der Waals surface area contributed by atoms with Crippen LogP contribution >= 0.6 is 11.6 Å². The van der Waals surface area contributed by atoms with Gasteiger partial charge >= 0.3 is 0 Å². The molecule has 0 saturated carbocycles. The molecular weight excluding hydrogens is 316 g/mol. The van der Waals surface area contributed by atoms with Crippen LogP contribution in [0, 0.1) is 13.8 Å². The number of carbonyl (C=O) groups is 2. The lowest BCUT2D eigenvalue weighted by atomic mass is 10.1. The van der Waals surface area contributed by atoms with E-state index in [9.17, 15) is 9.59 Å². The molecule has 7 heteroatoms. The number of carbonyl (C=O) groups excluding carboxylic acids is 2. The van der Waals surface area contributed by atoms with Gasteiger partial charge < -0.3 is 5.32 Å². The van der Waals surface area contributed by atoms with Crippen LogP contribution in [0.5, 0.6) is 0 Å². The Morgan fingerprint density at radius 2 is 1.91 bits per heavy atom. The van der Waals surface area contributed by atoms with Crippen molar-refractivity contribution in [2.45, 2.75) is 13.8 Å². The smallest absolute Gasteiger partial charge is 0.269 e. The summed E-state index contributed by atoms with van der Waals surface area (Å²) in [6, 6.07) is 8.81. The highest BCUT2D eigenvalue weighted by Crippen LogP contribution is 2.15. The first kappa shape index (κ1) is 16.8. The Hall–Kier alpha value is -2.60. The van der Waals surface area contributed by atoms with Crippen molar-refractivity contribution in [3.05, 3.63) is 58.4 Å². The molecule has 0 saturated heterocycles. The average Bonchev–Trinajstić information content (AvgIpc) is 2.51. The average molecular weight is 333 g/mol. The van der Waals surface area contributed by atoms with Gasteiger partial charge in [-0.05, 0) is 37.6 Å². The molecule has 0 fully saturated rings. The fraction of sp³-hybridized carbons (Fsp3) is 0.188. The third kappa shape index (κ3) is 4.96. The minimum Gasteiger partial charge on any atom is -0.376 e. The lowest BCUT2D eigenvalue weighted by molar-refractivity contribution is -0.120. The number of nitrogens with zero attached hydrogens (tertiary/aromatic N) is 1. The Labute approximate surface area is 139 Å². The van der Waals surface area contributed by atoms with Gasteiger partial charge in [0.05, 0.1) is 6.54 Å². The van der Waals surface area contributed by atoms with Crippen molar-refractivity contribution in [3.8, 4) is 0 Å². The Kier molecular flexibility index (Phi) is 5.54. The van der Waals surface area contributed by atoms with Crippen LogP contribution in [0.3, 0.4) is 0 Å².